The molecule has 7 heteroatoms. The van der Waals surface area contributed by atoms with Crippen molar-refractivity contribution in [2.75, 3.05) is 0 Å². The molecule has 1 N–H and O–H groups in total. The second kappa shape index (κ2) is 7.85. The summed E-state index contributed by atoms with van der Waals surface area (Å²) in [6.45, 7) is 2.32. The smallest absolute Gasteiger partial charge is 0.226 e. The fourth-order valence-electron chi connectivity index (χ4n) is 2.59. The van der Waals surface area contributed by atoms with E-state index in [0.29, 0.717) is 6.54 Å². The maximum Gasteiger partial charge on any atom is 0.226 e. The van der Waals surface area contributed by atoms with E-state index in [1.807, 2.05) is 60.1 Å². The van der Waals surface area contributed by atoms with Gasteiger partial charge in [-0.15, -0.1) is 22.7 Å². The third kappa shape index (κ3) is 4.32. The van der Waals surface area contributed by atoms with Crippen LogP contribution in [0.25, 0.3) is 22.0 Å². The molecule has 0 unspecified atom stereocenters. The molecule has 0 radical (unpaired) electrons. The number of nitrogens with zero attached hydrogens (tertiary/aromatic N) is 2. The van der Waals surface area contributed by atoms with Crippen molar-refractivity contribution in [1.82, 2.24) is 15.3 Å². The molecular formula is C20H17N3O2S2. The van der Waals surface area contributed by atoms with Gasteiger partial charge in [0.15, 0.2) is 10.8 Å². The number of benzene rings is 1. The number of carbonyl (C=O) groups is 1. The molecule has 4 aromatic rings. The van der Waals surface area contributed by atoms with Gasteiger partial charge in [-0.1, -0.05) is 30.3 Å². The first-order chi connectivity index (χ1) is 13.2. The molecule has 0 aliphatic heterocycles. The van der Waals surface area contributed by atoms with E-state index in [2.05, 4.69) is 15.3 Å². The van der Waals surface area contributed by atoms with Gasteiger partial charge in [-0.05, 0) is 19.1 Å². The van der Waals surface area contributed by atoms with E-state index >= 15 is 0 Å². The van der Waals surface area contributed by atoms with Crippen molar-refractivity contribution in [3.63, 3.8) is 0 Å². The summed E-state index contributed by atoms with van der Waals surface area (Å²) in [5, 5.41) is 8.49. The van der Waals surface area contributed by atoms with E-state index in [9.17, 15) is 4.79 Å². The number of aromatic nitrogens is 2. The lowest BCUT2D eigenvalue weighted by Crippen LogP contribution is -2.24. The van der Waals surface area contributed by atoms with Crippen molar-refractivity contribution in [2.24, 2.45) is 0 Å². The number of hydrogen-bond acceptors (Lipinski definition) is 6. The van der Waals surface area contributed by atoms with Gasteiger partial charge in [0.25, 0.3) is 0 Å². The maximum atomic E-state index is 12.2. The molecule has 0 fully saturated rings. The fourth-order valence-corrected chi connectivity index (χ4v) is 4.11. The normalized spacial score (nSPS) is 10.9. The standard InChI is InChI=1S/C20H17N3O2S2/c1-13-7-8-17(25-13)20-22-15(11-27-20)9-18(24)21-10-19-23-16(12-26-19)14-5-3-2-4-6-14/h2-8,11-12H,9-10H2,1H3,(H,21,24). The van der Waals surface area contributed by atoms with Gasteiger partial charge in [0.05, 0.1) is 24.4 Å². The molecule has 0 aliphatic rings. The first kappa shape index (κ1) is 17.6. The predicted octanol–water partition coefficient (Wildman–Crippen LogP) is 4.69. The third-order valence-electron chi connectivity index (χ3n) is 3.90. The van der Waals surface area contributed by atoms with Crippen LogP contribution >= 0.6 is 22.7 Å². The summed E-state index contributed by atoms with van der Waals surface area (Å²) in [6.07, 6.45) is 0.243. The Bertz CT molecular complexity index is 1050. The molecule has 0 saturated carbocycles. The van der Waals surface area contributed by atoms with Crippen LogP contribution in [0.1, 0.15) is 16.5 Å². The SMILES string of the molecule is Cc1ccc(-c2nc(CC(=O)NCc3nc(-c4ccccc4)cs3)cs2)o1. The number of nitrogens with one attached hydrogen (secondary N) is 1. The van der Waals surface area contributed by atoms with Crippen molar-refractivity contribution >= 4 is 28.6 Å². The molecule has 0 atom stereocenters. The number of carbonyl (C=O) groups excluding carboxylic acids is 1. The van der Waals surface area contributed by atoms with Gasteiger partial charge in [-0.3, -0.25) is 4.79 Å². The second-order valence-electron chi connectivity index (χ2n) is 6.00. The zero-order chi connectivity index (χ0) is 18.6. The van der Waals surface area contributed by atoms with E-state index in [1.165, 1.54) is 11.3 Å². The minimum Gasteiger partial charge on any atom is -0.459 e. The fraction of sp³-hybridized carbons (Fsp3) is 0.150. The first-order valence-corrected chi connectivity index (χ1v) is 10.2. The number of furan rings is 1. The van der Waals surface area contributed by atoms with Gasteiger partial charge >= 0.3 is 0 Å². The first-order valence-electron chi connectivity index (χ1n) is 8.45. The Kier molecular flexibility index (Phi) is 5.13. The molecule has 3 heterocycles. The molecule has 27 heavy (non-hydrogen) atoms. The zero-order valence-corrected chi connectivity index (χ0v) is 16.3. The Morgan fingerprint density at radius 1 is 1.07 bits per heavy atom. The van der Waals surface area contributed by atoms with Crippen LogP contribution in [0.3, 0.4) is 0 Å². The summed E-state index contributed by atoms with van der Waals surface area (Å²) < 4.78 is 5.57. The molecule has 0 spiro atoms. The summed E-state index contributed by atoms with van der Waals surface area (Å²) in [6, 6.07) is 13.8. The van der Waals surface area contributed by atoms with Gasteiger partial charge in [0.1, 0.15) is 10.8 Å². The Morgan fingerprint density at radius 2 is 1.93 bits per heavy atom. The van der Waals surface area contributed by atoms with Gasteiger partial charge in [0, 0.05) is 16.3 Å². The predicted molar refractivity (Wildman–Crippen MR) is 108 cm³/mol. The van der Waals surface area contributed by atoms with Crippen molar-refractivity contribution in [3.8, 4) is 22.0 Å². The minimum absolute atomic E-state index is 0.0704. The van der Waals surface area contributed by atoms with Crippen LogP contribution in [0.15, 0.2) is 57.6 Å². The van der Waals surface area contributed by atoms with Crippen LogP contribution in [0, 0.1) is 6.92 Å². The van der Waals surface area contributed by atoms with Crippen molar-refractivity contribution < 1.29 is 9.21 Å². The minimum atomic E-state index is -0.0704. The second-order valence-corrected chi connectivity index (χ2v) is 7.80. The van der Waals surface area contributed by atoms with Crippen molar-refractivity contribution in [2.45, 2.75) is 19.9 Å². The Hall–Kier alpha value is -2.77. The Balaban J connectivity index is 1.33. The van der Waals surface area contributed by atoms with Gasteiger partial charge < -0.3 is 9.73 Å². The van der Waals surface area contributed by atoms with E-state index in [0.717, 1.165) is 38.5 Å². The average Bonchev–Trinajstić information content (AvgIpc) is 3.41. The average molecular weight is 396 g/mol. The zero-order valence-electron chi connectivity index (χ0n) is 14.6. The molecule has 136 valence electrons. The summed E-state index contributed by atoms with van der Waals surface area (Å²) in [5.74, 6) is 1.51. The summed E-state index contributed by atoms with van der Waals surface area (Å²) in [5.41, 5.74) is 2.75. The topological polar surface area (TPSA) is 68.0 Å². The van der Waals surface area contributed by atoms with Gasteiger partial charge in [0.2, 0.25) is 5.91 Å². The lowest BCUT2D eigenvalue weighted by atomic mass is 10.2. The number of thiazole rings is 2. The van der Waals surface area contributed by atoms with Crippen LogP contribution < -0.4 is 5.32 Å². The molecular weight excluding hydrogens is 378 g/mol. The highest BCUT2D eigenvalue weighted by Gasteiger charge is 2.12. The number of aryl methyl sites for hydroxylation is 1. The van der Waals surface area contributed by atoms with Crippen molar-refractivity contribution in [1.29, 1.82) is 0 Å². The molecule has 4 rings (SSSR count). The molecule has 0 aliphatic carbocycles. The summed E-state index contributed by atoms with van der Waals surface area (Å²) >= 11 is 3.02. The highest BCUT2D eigenvalue weighted by Crippen LogP contribution is 2.26. The van der Waals surface area contributed by atoms with E-state index in [1.54, 1.807) is 11.3 Å². The highest BCUT2D eigenvalue weighted by molar-refractivity contribution is 7.13. The van der Waals surface area contributed by atoms with Crippen LogP contribution in [0.2, 0.25) is 0 Å². The Labute approximate surface area is 164 Å². The largest absolute Gasteiger partial charge is 0.459 e. The van der Waals surface area contributed by atoms with E-state index in [4.69, 9.17) is 4.42 Å². The monoisotopic (exact) mass is 395 g/mol. The molecule has 5 nitrogen and oxygen atoms in total. The van der Waals surface area contributed by atoms with Crippen LogP contribution in [0.5, 0.6) is 0 Å². The Morgan fingerprint density at radius 3 is 2.70 bits per heavy atom. The van der Waals surface area contributed by atoms with E-state index in [-0.39, 0.29) is 12.3 Å². The quantitative estimate of drug-likeness (QED) is 0.514. The third-order valence-corrected chi connectivity index (χ3v) is 5.66. The summed E-state index contributed by atoms with van der Waals surface area (Å²) in [4.78, 5) is 21.3. The molecule has 0 saturated heterocycles. The molecule has 1 aromatic carbocycles. The molecule has 3 aromatic heterocycles. The van der Waals surface area contributed by atoms with E-state index < -0.39 is 0 Å². The van der Waals surface area contributed by atoms with Crippen LogP contribution in [0.4, 0.5) is 0 Å². The van der Waals surface area contributed by atoms with Gasteiger partial charge in [-0.25, -0.2) is 9.97 Å². The highest BCUT2D eigenvalue weighted by atomic mass is 32.1. The lowest BCUT2D eigenvalue weighted by molar-refractivity contribution is -0.120. The number of rotatable bonds is 6. The number of hydrogen-bond donors (Lipinski definition) is 1. The lowest BCUT2D eigenvalue weighted by Gasteiger charge is -2.01. The van der Waals surface area contributed by atoms with Crippen LogP contribution in [-0.4, -0.2) is 15.9 Å². The maximum absolute atomic E-state index is 12.2. The summed E-state index contributed by atoms with van der Waals surface area (Å²) in [7, 11) is 0. The van der Waals surface area contributed by atoms with Crippen LogP contribution in [-0.2, 0) is 17.8 Å². The van der Waals surface area contributed by atoms with Gasteiger partial charge in [-0.2, -0.15) is 0 Å². The number of amides is 1. The molecule has 0 bridgehead atoms. The molecule has 1 amide bonds. The van der Waals surface area contributed by atoms with Crippen molar-refractivity contribution in [3.05, 3.63) is 69.7 Å².